The molecule has 6 heteroatoms. The van der Waals surface area contributed by atoms with Crippen LogP contribution in [0.4, 0.5) is 0 Å². The molecule has 26 heavy (non-hydrogen) atoms. The van der Waals surface area contributed by atoms with Gasteiger partial charge in [0.2, 0.25) is 5.91 Å². The fourth-order valence-electron chi connectivity index (χ4n) is 3.13. The topological polar surface area (TPSA) is 49.9 Å². The van der Waals surface area contributed by atoms with Crippen molar-refractivity contribution >= 4 is 23.2 Å². The predicted octanol–water partition coefficient (Wildman–Crippen LogP) is 2.90. The van der Waals surface area contributed by atoms with Crippen LogP contribution >= 0.6 is 11.3 Å². The summed E-state index contributed by atoms with van der Waals surface area (Å²) in [6.45, 7) is 6.24. The first-order chi connectivity index (χ1) is 12.5. The van der Waals surface area contributed by atoms with Gasteiger partial charge >= 0.3 is 0 Å². The summed E-state index contributed by atoms with van der Waals surface area (Å²) in [7, 11) is 1.59. The van der Waals surface area contributed by atoms with Crippen LogP contribution in [0.25, 0.3) is 0 Å². The second kappa shape index (κ2) is 7.91. The number of benzene rings is 1. The summed E-state index contributed by atoms with van der Waals surface area (Å²) < 4.78 is 5.40. The second-order valence-corrected chi connectivity index (χ2v) is 7.60. The van der Waals surface area contributed by atoms with Crippen molar-refractivity contribution in [2.45, 2.75) is 20.3 Å². The van der Waals surface area contributed by atoms with E-state index < -0.39 is 0 Å². The number of aryl methyl sites for hydroxylation is 2. The molecule has 0 saturated carbocycles. The van der Waals surface area contributed by atoms with Crippen molar-refractivity contribution in [1.29, 1.82) is 0 Å². The fraction of sp³-hybridized carbons (Fsp3) is 0.400. The zero-order valence-corrected chi connectivity index (χ0v) is 16.3. The fourth-order valence-corrected chi connectivity index (χ4v) is 3.82. The lowest BCUT2D eigenvalue weighted by Gasteiger charge is -2.35. The molecule has 3 rings (SSSR count). The van der Waals surface area contributed by atoms with Gasteiger partial charge < -0.3 is 14.5 Å². The van der Waals surface area contributed by atoms with E-state index in [-0.39, 0.29) is 11.8 Å². The van der Waals surface area contributed by atoms with Crippen molar-refractivity contribution in [3.8, 4) is 5.75 Å². The summed E-state index contributed by atoms with van der Waals surface area (Å²) in [5, 5.41) is 1.98. The van der Waals surface area contributed by atoms with Gasteiger partial charge in [-0.05, 0) is 48.6 Å². The van der Waals surface area contributed by atoms with E-state index in [0.29, 0.717) is 43.9 Å². The Morgan fingerprint density at radius 1 is 1.08 bits per heavy atom. The first-order valence-corrected chi connectivity index (χ1v) is 9.62. The van der Waals surface area contributed by atoms with Gasteiger partial charge in [-0.2, -0.15) is 0 Å². The minimum atomic E-state index is -0.0321. The van der Waals surface area contributed by atoms with Crippen LogP contribution in [-0.2, 0) is 11.2 Å². The summed E-state index contributed by atoms with van der Waals surface area (Å²) >= 11 is 1.60. The number of piperazine rings is 1. The molecule has 2 heterocycles. The summed E-state index contributed by atoms with van der Waals surface area (Å²) in [5.74, 6) is 0.702. The standard InChI is InChI=1S/C20H24N2O3S/c1-14-11-17(18(25-3)12-15(14)2)20(24)22-8-6-21(7-9-22)19(23)13-16-5-4-10-26-16/h4-5,10-12H,6-9,13H2,1-3H3. The Balaban J connectivity index is 1.63. The Kier molecular flexibility index (Phi) is 5.61. The minimum absolute atomic E-state index is 0.0321. The van der Waals surface area contributed by atoms with Gasteiger partial charge in [0.05, 0.1) is 19.1 Å². The lowest BCUT2D eigenvalue weighted by atomic mass is 10.0. The van der Waals surface area contributed by atoms with E-state index in [2.05, 4.69) is 0 Å². The summed E-state index contributed by atoms with van der Waals surface area (Å²) in [6, 6.07) is 7.74. The van der Waals surface area contributed by atoms with Crippen molar-refractivity contribution < 1.29 is 14.3 Å². The molecule has 1 aliphatic heterocycles. The van der Waals surface area contributed by atoms with Crippen LogP contribution in [0.15, 0.2) is 29.6 Å². The second-order valence-electron chi connectivity index (χ2n) is 6.57. The Morgan fingerprint density at radius 3 is 2.35 bits per heavy atom. The lowest BCUT2D eigenvalue weighted by molar-refractivity contribution is -0.131. The number of rotatable bonds is 4. The highest BCUT2D eigenvalue weighted by molar-refractivity contribution is 7.10. The number of hydrogen-bond donors (Lipinski definition) is 0. The molecule has 5 nitrogen and oxygen atoms in total. The number of carbonyl (C=O) groups excluding carboxylic acids is 2. The number of methoxy groups -OCH3 is 1. The summed E-state index contributed by atoms with van der Waals surface area (Å²) in [4.78, 5) is 30.1. The molecule has 0 radical (unpaired) electrons. The van der Waals surface area contributed by atoms with Crippen LogP contribution in [0.1, 0.15) is 26.4 Å². The quantitative estimate of drug-likeness (QED) is 0.829. The maximum atomic E-state index is 12.9. The highest BCUT2D eigenvalue weighted by Crippen LogP contribution is 2.25. The van der Waals surface area contributed by atoms with E-state index in [1.54, 1.807) is 18.4 Å². The Morgan fingerprint density at radius 2 is 1.73 bits per heavy atom. The number of thiophene rings is 1. The molecule has 2 amide bonds. The molecule has 0 bridgehead atoms. The molecule has 1 aromatic heterocycles. The van der Waals surface area contributed by atoms with E-state index in [9.17, 15) is 9.59 Å². The molecule has 1 aliphatic rings. The van der Waals surface area contributed by atoms with Crippen molar-refractivity contribution in [3.63, 3.8) is 0 Å². The van der Waals surface area contributed by atoms with E-state index in [1.165, 1.54) is 0 Å². The first kappa shape index (κ1) is 18.5. The van der Waals surface area contributed by atoms with Crippen LogP contribution in [-0.4, -0.2) is 54.9 Å². The van der Waals surface area contributed by atoms with Gasteiger partial charge in [0.1, 0.15) is 5.75 Å². The highest BCUT2D eigenvalue weighted by Gasteiger charge is 2.26. The first-order valence-electron chi connectivity index (χ1n) is 8.74. The SMILES string of the molecule is COc1cc(C)c(C)cc1C(=O)N1CCN(C(=O)Cc2cccs2)CC1. The number of nitrogens with zero attached hydrogens (tertiary/aromatic N) is 2. The van der Waals surface area contributed by atoms with Crippen molar-refractivity contribution in [3.05, 3.63) is 51.2 Å². The van der Waals surface area contributed by atoms with Gasteiger partial charge in [-0.25, -0.2) is 0 Å². The van der Waals surface area contributed by atoms with Gasteiger partial charge in [-0.15, -0.1) is 11.3 Å². The lowest BCUT2D eigenvalue weighted by Crippen LogP contribution is -2.51. The van der Waals surface area contributed by atoms with Crippen LogP contribution in [0, 0.1) is 13.8 Å². The largest absolute Gasteiger partial charge is 0.496 e. The number of amides is 2. The molecule has 0 spiro atoms. The third-order valence-corrected chi connectivity index (χ3v) is 5.75. The monoisotopic (exact) mass is 372 g/mol. The van der Waals surface area contributed by atoms with Crippen molar-refractivity contribution in [1.82, 2.24) is 9.80 Å². The van der Waals surface area contributed by atoms with Crippen molar-refractivity contribution in [2.75, 3.05) is 33.3 Å². The van der Waals surface area contributed by atoms with Crippen LogP contribution in [0.5, 0.6) is 5.75 Å². The van der Waals surface area contributed by atoms with Gasteiger partial charge in [0.25, 0.3) is 5.91 Å². The molecule has 1 fully saturated rings. The van der Waals surface area contributed by atoms with Crippen LogP contribution in [0.3, 0.4) is 0 Å². The van der Waals surface area contributed by atoms with Gasteiger partial charge in [0, 0.05) is 31.1 Å². The molecule has 1 aromatic carbocycles. The average molecular weight is 372 g/mol. The molecular formula is C20H24N2O3S. The highest BCUT2D eigenvalue weighted by atomic mass is 32.1. The van der Waals surface area contributed by atoms with E-state index in [1.807, 2.05) is 53.3 Å². The van der Waals surface area contributed by atoms with E-state index in [4.69, 9.17) is 4.74 Å². The van der Waals surface area contributed by atoms with Crippen molar-refractivity contribution in [2.24, 2.45) is 0 Å². The molecular weight excluding hydrogens is 348 g/mol. The third kappa shape index (κ3) is 3.90. The summed E-state index contributed by atoms with van der Waals surface area (Å²) in [5.41, 5.74) is 2.76. The minimum Gasteiger partial charge on any atom is -0.496 e. The zero-order valence-electron chi connectivity index (χ0n) is 15.4. The van der Waals surface area contributed by atoms with Crippen LogP contribution < -0.4 is 4.74 Å². The third-order valence-electron chi connectivity index (χ3n) is 4.87. The van der Waals surface area contributed by atoms with Gasteiger partial charge in [0.15, 0.2) is 0 Å². The van der Waals surface area contributed by atoms with Gasteiger partial charge in [-0.1, -0.05) is 6.07 Å². The maximum Gasteiger partial charge on any atom is 0.257 e. The Labute approximate surface area is 158 Å². The Bertz CT molecular complexity index is 794. The number of ether oxygens (including phenoxy) is 1. The Hall–Kier alpha value is -2.34. The molecule has 0 unspecified atom stereocenters. The smallest absolute Gasteiger partial charge is 0.257 e. The molecule has 1 saturated heterocycles. The van der Waals surface area contributed by atoms with E-state index >= 15 is 0 Å². The molecule has 0 atom stereocenters. The normalized spacial score (nSPS) is 14.4. The molecule has 0 aliphatic carbocycles. The molecule has 138 valence electrons. The van der Waals surface area contributed by atoms with Crippen LogP contribution in [0.2, 0.25) is 0 Å². The van der Waals surface area contributed by atoms with Gasteiger partial charge in [-0.3, -0.25) is 9.59 Å². The molecule has 0 N–H and O–H groups in total. The predicted molar refractivity (Wildman–Crippen MR) is 103 cm³/mol. The zero-order chi connectivity index (χ0) is 18.7. The average Bonchev–Trinajstić information content (AvgIpc) is 3.16. The van der Waals surface area contributed by atoms with E-state index in [0.717, 1.165) is 16.0 Å². The number of hydrogen-bond acceptors (Lipinski definition) is 4. The number of carbonyl (C=O) groups is 2. The maximum absolute atomic E-state index is 12.9. The molecule has 2 aromatic rings. The summed E-state index contributed by atoms with van der Waals surface area (Å²) in [6.07, 6.45) is 0.441.